The van der Waals surface area contributed by atoms with Gasteiger partial charge in [-0.3, -0.25) is 4.79 Å². The van der Waals surface area contributed by atoms with Crippen LogP contribution in [0.4, 0.5) is 0 Å². The SMILES string of the molecule is CCCCNC(=O)c1ccc(C(=O)O)c(C)c1. The zero-order valence-corrected chi connectivity index (χ0v) is 10.1. The molecular formula is C13H17NO3. The number of nitrogens with one attached hydrogen (secondary N) is 1. The minimum Gasteiger partial charge on any atom is -0.478 e. The van der Waals surface area contributed by atoms with E-state index in [1.807, 2.05) is 0 Å². The van der Waals surface area contributed by atoms with E-state index in [0.717, 1.165) is 12.8 Å². The van der Waals surface area contributed by atoms with E-state index < -0.39 is 5.97 Å². The molecule has 0 aromatic heterocycles. The van der Waals surface area contributed by atoms with Crippen molar-refractivity contribution in [1.29, 1.82) is 0 Å². The summed E-state index contributed by atoms with van der Waals surface area (Å²) in [4.78, 5) is 22.5. The molecule has 2 N–H and O–H groups in total. The maximum Gasteiger partial charge on any atom is 0.335 e. The molecule has 1 aromatic carbocycles. The summed E-state index contributed by atoms with van der Waals surface area (Å²) in [5.74, 6) is -1.13. The molecule has 0 atom stereocenters. The van der Waals surface area contributed by atoms with Crippen LogP contribution in [0.15, 0.2) is 18.2 Å². The van der Waals surface area contributed by atoms with Crippen molar-refractivity contribution in [1.82, 2.24) is 5.32 Å². The Labute approximate surface area is 101 Å². The van der Waals surface area contributed by atoms with E-state index >= 15 is 0 Å². The molecule has 1 aromatic rings. The summed E-state index contributed by atoms with van der Waals surface area (Å²) in [6, 6.07) is 4.61. The van der Waals surface area contributed by atoms with Crippen LogP contribution in [0.1, 0.15) is 46.0 Å². The van der Waals surface area contributed by atoms with Crippen molar-refractivity contribution < 1.29 is 14.7 Å². The van der Waals surface area contributed by atoms with E-state index in [2.05, 4.69) is 12.2 Å². The number of unbranched alkanes of at least 4 members (excludes halogenated alkanes) is 1. The number of aryl methyl sites for hydroxylation is 1. The fraction of sp³-hybridized carbons (Fsp3) is 0.385. The maximum atomic E-state index is 11.7. The molecule has 0 saturated heterocycles. The standard InChI is InChI=1S/C13H17NO3/c1-3-4-7-14-12(15)10-5-6-11(13(16)17)9(2)8-10/h5-6,8H,3-4,7H2,1-2H3,(H,14,15)(H,16,17). The van der Waals surface area contributed by atoms with E-state index in [1.54, 1.807) is 13.0 Å². The summed E-state index contributed by atoms with van der Waals surface area (Å²) in [6.45, 7) is 4.39. The fourth-order valence-corrected chi connectivity index (χ4v) is 1.53. The molecule has 0 unspecified atom stereocenters. The first-order valence-electron chi connectivity index (χ1n) is 5.68. The van der Waals surface area contributed by atoms with Gasteiger partial charge in [-0.1, -0.05) is 13.3 Å². The van der Waals surface area contributed by atoms with Gasteiger partial charge in [0.1, 0.15) is 0 Å². The summed E-state index contributed by atoms with van der Waals surface area (Å²) in [5, 5.41) is 11.7. The molecule has 4 heteroatoms. The van der Waals surface area contributed by atoms with E-state index in [0.29, 0.717) is 17.7 Å². The predicted octanol–water partition coefficient (Wildman–Crippen LogP) is 2.22. The summed E-state index contributed by atoms with van der Waals surface area (Å²) in [6.07, 6.45) is 1.97. The number of carbonyl (C=O) groups is 2. The van der Waals surface area contributed by atoms with Gasteiger partial charge in [-0.15, -0.1) is 0 Å². The highest BCUT2D eigenvalue weighted by molar-refractivity contribution is 5.96. The quantitative estimate of drug-likeness (QED) is 0.769. The molecule has 0 spiro atoms. The Morgan fingerprint density at radius 2 is 2.06 bits per heavy atom. The van der Waals surface area contributed by atoms with Crippen LogP contribution in [0.2, 0.25) is 0 Å². The smallest absolute Gasteiger partial charge is 0.335 e. The molecule has 0 radical (unpaired) electrons. The third kappa shape index (κ3) is 3.59. The largest absolute Gasteiger partial charge is 0.478 e. The number of carbonyl (C=O) groups excluding carboxylic acids is 1. The molecule has 0 aliphatic carbocycles. The Morgan fingerprint density at radius 3 is 2.59 bits per heavy atom. The second-order valence-corrected chi connectivity index (χ2v) is 3.94. The highest BCUT2D eigenvalue weighted by atomic mass is 16.4. The lowest BCUT2D eigenvalue weighted by Crippen LogP contribution is -2.24. The van der Waals surface area contributed by atoms with Crippen LogP contribution in [-0.4, -0.2) is 23.5 Å². The predicted molar refractivity (Wildman–Crippen MR) is 65.4 cm³/mol. The number of hydrogen-bond donors (Lipinski definition) is 2. The Kier molecular flexibility index (Phi) is 4.69. The Balaban J connectivity index is 2.76. The number of rotatable bonds is 5. The second kappa shape index (κ2) is 6.03. The number of hydrogen-bond acceptors (Lipinski definition) is 2. The number of carboxylic acids is 1. The van der Waals surface area contributed by atoms with Crippen molar-refractivity contribution in [2.24, 2.45) is 0 Å². The molecule has 0 aliphatic rings. The number of amides is 1. The van der Waals surface area contributed by atoms with Crippen molar-refractivity contribution in [3.05, 3.63) is 34.9 Å². The Bertz CT molecular complexity index is 427. The van der Waals surface area contributed by atoms with Crippen molar-refractivity contribution in [3.63, 3.8) is 0 Å². The van der Waals surface area contributed by atoms with E-state index in [-0.39, 0.29) is 11.5 Å². The topological polar surface area (TPSA) is 66.4 Å². The molecule has 92 valence electrons. The molecule has 1 rings (SSSR count). The van der Waals surface area contributed by atoms with Gasteiger partial charge in [0.2, 0.25) is 0 Å². The van der Waals surface area contributed by atoms with Crippen molar-refractivity contribution in [3.8, 4) is 0 Å². The molecule has 0 bridgehead atoms. The molecule has 0 heterocycles. The summed E-state index contributed by atoms with van der Waals surface area (Å²) in [5.41, 5.74) is 1.33. The third-order valence-electron chi connectivity index (χ3n) is 2.53. The van der Waals surface area contributed by atoms with Gasteiger partial charge in [-0.25, -0.2) is 4.79 Å². The summed E-state index contributed by atoms with van der Waals surface area (Å²) >= 11 is 0. The number of benzene rings is 1. The van der Waals surface area contributed by atoms with Crippen LogP contribution in [0.25, 0.3) is 0 Å². The molecule has 0 saturated carbocycles. The lowest BCUT2D eigenvalue weighted by molar-refractivity contribution is 0.0695. The summed E-state index contributed by atoms with van der Waals surface area (Å²) < 4.78 is 0. The minimum absolute atomic E-state index is 0.154. The van der Waals surface area contributed by atoms with E-state index in [9.17, 15) is 9.59 Å². The van der Waals surface area contributed by atoms with E-state index in [4.69, 9.17) is 5.11 Å². The van der Waals surface area contributed by atoms with Crippen LogP contribution >= 0.6 is 0 Å². The van der Waals surface area contributed by atoms with Crippen LogP contribution in [0.5, 0.6) is 0 Å². The second-order valence-electron chi connectivity index (χ2n) is 3.94. The van der Waals surface area contributed by atoms with Gasteiger partial charge in [-0.2, -0.15) is 0 Å². The Morgan fingerprint density at radius 1 is 1.35 bits per heavy atom. The van der Waals surface area contributed by atoms with Crippen molar-refractivity contribution >= 4 is 11.9 Å². The van der Waals surface area contributed by atoms with Crippen LogP contribution in [-0.2, 0) is 0 Å². The normalized spacial score (nSPS) is 10.0. The van der Waals surface area contributed by atoms with Gasteiger partial charge >= 0.3 is 5.97 Å². The molecule has 1 amide bonds. The molecular weight excluding hydrogens is 218 g/mol. The maximum absolute atomic E-state index is 11.7. The highest BCUT2D eigenvalue weighted by Gasteiger charge is 2.10. The first-order chi connectivity index (χ1) is 8.06. The molecule has 17 heavy (non-hydrogen) atoms. The first-order valence-corrected chi connectivity index (χ1v) is 5.68. The summed E-state index contributed by atoms with van der Waals surface area (Å²) in [7, 11) is 0. The van der Waals surface area contributed by atoms with Gasteiger partial charge in [0, 0.05) is 12.1 Å². The van der Waals surface area contributed by atoms with Crippen molar-refractivity contribution in [2.45, 2.75) is 26.7 Å². The van der Waals surface area contributed by atoms with Gasteiger partial charge in [0.05, 0.1) is 5.56 Å². The van der Waals surface area contributed by atoms with Gasteiger partial charge < -0.3 is 10.4 Å². The van der Waals surface area contributed by atoms with E-state index in [1.165, 1.54) is 12.1 Å². The lowest BCUT2D eigenvalue weighted by atomic mass is 10.0. The zero-order chi connectivity index (χ0) is 12.8. The van der Waals surface area contributed by atoms with Crippen LogP contribution in [0.3, 0.4) is 0 Å². The van der Waals surface area contributed by atoms with Gasteiger partial charge in [0.15, 0.2) is 0 Å². The lowest BCUT2D eigenvalue weighted by Gasteiger charge is -2.06. The monoisotopic (exact) mass is 235 g/mol. The number of carboxylic acid groups (broad SMARTS) is 1. The fourth-order valence-electron chi connectivity index (χ4n) is 1.53. The highest BCUT2D eigenvalue weighted by Crippen LogP contribution is 2.11. The van der Waals surface area contributed by atoms with Gasteiger partial charge in [0.25, 0.3) is 5.91 Å². The van der Waals surface area contributed by atoms with Gasteiger partial charge in [-0.05, 0) is 37.1 Å². The third-order valence-corrected chi connectivity index (χ3v) is 2.53. The average molecular weight is 235 g/mol. The van der Waals surface area contributed by atoms with Crippen LogP contribution in [0, 0.1) is 6.92 Å². The van der Waals surface area contributed by atoms with Crippen molar-refractivity contribution in [2.75, 3.05) is 6.54 Å². The Hall–Kier alpha value is -1.84. The molecule has 4 nitrogen and oxygen atoms in total. The zero-order valence-electron chi connectivity index (χ0n) is 10.1. The number of aromatic carboxylic acids is 1. The minimum atomic E-state index is -0.972. The molecule has 0 aliphatic heterocycles. The van der Waals surface area contributed by atoms with Crippen LogP contribution < -0.4 is 5.32 Å². The first kappa shape index (κ1) is 13.2. The molecule has 0 fully saturated rings. The average Bonchev–Trinajstić information content (AvgIpc) is 2.28.